The molecule has 118 valence electrons. The van der Waals surface area contributed by atoms with Crippen LogP contribution < -0.4 is 5.46 Å². The molecular weight excluding hydrogens is 311 g/mol. The fraction of sp³-hybridized carbons (Fsp3) is 0.235. The highest BCUT2D eigenvalue weighted by atomic mass is 32.2. The van der Waals surface area contributed by atoms with E-state index in [2.05, 4.69) is 0 Å². The molecule has 2 radical (unpaired) electrons. The van der Waals surface area contributed by atoms with Crippen LogP contribution in [0.3, 0.4) is 0 Å². The van der Waals surface area contributed by atoms with Crippen molar-refractivity contribution in [3.05, 3.63) is 48.5 Å². The molecule has 0 aromatic heterocycles. The van der Waals surface area contributed by atoms with Gasteiger partial charge in [0.05, 0.1) is 4.90 Å². The first-order valence-corrected chi connectivity index (χ1v) is 8.71. The van der Waals surface area contributed by atoms with E-state index in [0.717, 1.165) is 11.1 Å². The first-order valence-electron chi connectivity index (χ1n) is 7.16. The van der Waals surface area contributed by atoms with Crippen LogP contribution in [0.15, 0.2) is 53.4 Å². The van der Waals surface area contributed by atoms with Crippen LogP contribution in [-0.2, 0) is 14.6 Å². The van der Waals surface area contributed by atoms with Crippen molar-refractivity contribution in [3.63, 3.8) is 0 Å². The summed E-state index contributed by atoms with van der Waals surface area (Å²) in [5.74, 6) is -1.85. The minimum Gasteiger partial charge on any atom is -0.480 e. The Bertz CT molecular complexity index is 793. The van der Waals surface area contributed by atoms with Gasteiger partial charge in [-0.25, -0.2) is 8.42 Å². The first-order chi connectivity index (χ1) is 10.7. The van der Waals surface area contributed by atoms with Crippen LogP contribution in [-0.4, -0.2) is 32.6 Å². The third-order valence-corrected chi connectivity index (χ3v) is 5.95. The molecule has 2 aromatic rings. The quantitative estimate of drug-likeness (QED) is 0.853. The van der Waals surface area contributed by atoms with E-state index in [1.807, 2.05) is 12.1 Å². The smallest absolute Gasteiger partial charge is 0.322 e. The molecule has 23 heavy (non-hydrogen) atoms. The van der Waals surface area contributed by atoms with Gasteiger partial charge in [0.1, 0.15) is 7.85 Å². The lowest BCUT2D eigenvalue weighted by Crippen LogP contribution is -2.34. The molecule has 0 bridgehead atoms. The fourth-order valence-corrected chi connectivity index (χ4v) is 4.23. The van der Waals surface area contributed by atoms with E-state index < -0.39 is 27.0 Å². The lowest BCUT2D eigenvalue weighted by molar-refractivity contribution is -0.137. The Morgan fingerprint density at radius 3 is 1.78 bits per heavy atom. The van der Waals surface area contributed by atoms with Crippen LogP contribution in [0.5, 0.6) is 0 Å². The number of carboxylic acids is 1. The number of sulfone groups is 1. The van der Waals surface area contributed by atoms with Gasteiger partial charge in [-0.2, -0.15) is 0 Å². The molecule has 0 aliphatic heterocycles. The summed E-state index contributed by atoms with van der Waals surface area (Å²) in [6, 6.07) is 13.4. The minimum absolute atomic E-state index is 0.0118. The molecule has 1 atom stereocenters. The van der Waals surface area contributed by atoms with Crippen LogP contribution in [0.1, 0.15) is 13.8 Å². The highest BCUT2D eigenvalue weighted by molar-refractivity contribution is 7.92. The Morgan fingerprint density at radius 1 is 0.957 bits per heavy atom. The predicted octanol–water partition coefficient (Wildman–Crippen LogP) is 2.03. The maximum Gasteiger partial charge on any atom is 0.322 e. The average molecular weight is 328 g/mol. The number of rotatable bonds is 5. The molecule has 4 nitrogen and oxygen atoms in total. The molecule has 2 rings (SSSR count). The maximum atomic E-state index is 12.5. The van der Waals surface area contributed by atoms with Gasteiger partial charge in [0.15, 0.2) is 15.1 Å². The maximum absolute atomic E-state index is 12.5. The van der Waals surface area contributed by atoms with Gasteiger partial charge in [0.2, 0.25) is 0 Å². The van der Waals surface area contributed by atoms with Crippen molar-refractivity contribution in [2.45, 2.75) is 24.0 Å². The van der Waals surface area contributed by atoms with Gasteiger partial charge in [0, 0.05) is 0 Å². The van der Waals surface area contributed by atoms with E-state index >= 15 is 0 Å². The Labute approximate surface area is 137 Å². The molecule has 0 amide bonds. The summed E-state index contributed by atoms with van der Waals surface area (Å²) in [6.07, 6.45) is 0. The summed E-state index contributed by atoms with van der Waals surface area (Å²) in [7, 11) is 1.72. The lowest BCUT2D eigenvalue weighted by Gasteiger charge is -2.17. The van der Waals surface area contributed by atoms with Crippen molar-refractivity contribution < 1.29 is 18.3 Å². The number of carboxylic acid groups (broad SMARTS) is 1. The van der Waals surface area contributed by atoms with Crippen molar-refractivity contribution in [1.82, 2.24) is 0 Å². The van der Waals surface area contributed by atoms with Gasteiger partial charge in [-0.15, -0.1) is 0 Å². The topological polar surface area (TPSA) is 71.4 Å². The van der Waals surface area contributed by atoms with E-state index in [1.165, 1.54) is 12.1 Å². The molecule has 2 aromatic carbocycles. The first kappa shape index (κ1) is 17.3. The van der Waals surface area contributed by atoms with Gasteiger partial charge in [-0.3, -0.25) is 4.79 Å². The van der Waals surface area contributed by atoms with Crippen molar-refractivity contribution >= 4 is 29.1 Å². The van der Waals surface area contributed by atoms with Crippen molar-refractivity contribution in [1.29, 1.82) is 0 Å². The molecule has 0 saturated heterocycles. The molecule has 1 N–H and O–H groups in total. The van der Waals surface area contributed by atoms with Crippen molar-refractivity contribution in [2.75, 3.05) is 0 Å². The van der Waals surface area contributed by atoms with Crippen LogP contribution in [0.2, 0.25) is 0 Å². The minimum atomic E-state index is -3.92. The molecule has 6 heteroatoms. The van der Waals surface area contributed by atoms with Gasteiger partial charge in [-0.1, -0.05) is 55.7 Å². The number of hydrogen-bond acceptors (Lipinski definition) is 3. The van der Waals surface area contributed by atoms with E-state index in [4.69, 9.17) is 7.85 Å². The Balaban J connectivity index is 2.38. The highest BCUT2D eigenvalue weighted by Gasteiger charge is 2.36. The Kier molecular flexibility index (Phi) is 4.95. The second kappa shape index (κ2) is 6.58. The van der Waals surface area contributed by atoms with E-state index in [9.17, 15) is 18.3 Å². The zero-order valence-corrected chi connectivity index (χ0v) is 13.7. The second-order valence-electron chi connectivity index (χ2n) is 5.69. The van der Waals surface area contributed by atoms with E-state index in [0.29, 0.717) is 5.46 Å². The Hall–Kier alpha value is -2.08. The van der Waals surface area contributed by atoms with Crippen LogP contribution >= 0.6 is 0 Å². The molecular formula is C17H17BO4S. The highest BCUT2D eigenvalue weighted by Crippen LogP contribution is 2.25. The van der Waals surface area contributed by atoms with Gasteiger partial charge >= 0.3 is 5.97 Å². The Morgan fingerprint density at radius 2 is 1.39 bits per heavy atom. The fourth-order valence-electron chi connectivity index (χ4n) is 2.44. The summed E-state index contributed by atoms with van der Waals surface area (Å²) < 4.78 is 25.0. The van der Waals surface area contributed by atoms with Crippen molar-refractivity contribution in [3.8, 4) is 11.1 Å². The molecule has 0 spiro atoms. The predicted molar refractivity (Wildman–Crippen MR) is 90.7 cm³/mol. The molecule has 0 saturated carbocycles. The summed E-state index contributed by atoms with van der Waals surface area (Å²) in [5, 5.41) is 7.75. The van der Waals surface area contributed by atoms with Crippen LogP contribution in [0.4, 0.5) is 0 Å². The zero-order chi connectivity index (χ0) is 17.2. The van der Waals surface area contributed by atoms with Gasteiger partial charge in [-0.05, 0) is 29.2 Å². The van der Waals surface area contributed by atoms with E-state index in [1.54, 1.807) is 38.1 Å². The van der Waals surface area contributed by atoms with E-state index in [-0.39, 0.29) is 4.90 Å². The standard InChI is InChI=1S/C17H17BO4S/c1-11(2)16(17(19)20)23(21,22)15-9-5-13(6-10-15)12-3-7-14(18)8-4-12/h3-11,16H,1-2H3,(H,19,20)/t16-/m0/s1. The summed E-state index contributed by atoms with van der Waals surface area (Å²) in [5.41, 5.74) is 2.39. The molecule has 0 aliphatic carbocycles. The molecule has 0 fully saturated rings. The van der Waals surface area contributed by atoms with Crippen molar-refractivity contribution in [2.24, 2.45) is 5.92 Å². The third kappa shape index (κ3) is 3.64. The number of benzene rings is 2. The second-order valence-corrected chi connectivity index (χ2v) is 7.76. The lowest BCUT2D eigenvalue weighted by atomic mass is 9.94. The molecule has 0 aliphatic rings. The van der Waals surface area contributed by atoms with Crippen LogP contribution in [0, 0.1) is 5.92 Å². The summed E-state index contributed by atoms with van der Waals surface area (Å²) in [6.45, 7) is 3.16. The monoisotopic (exact) mass is 328 g/mol. The SMILES string of the molecule is [B]c1ccc(-c2ccc(S(=O)(=O)[C@H](C(=O)O)C(C)C)cc2)cc1. The average Bonchev–Trinajstić information content (AvgIpc) is 2.47. The number of carbonyl (C=O) groups is 1. The molecule has 0 heterocycles. The summed E-state index contributed by atoms with van der Waals surface area (Å²) >= 11 is 0. The largest absolute Gasteiger partial charge is 0.480 e. The zero-order valence-electron chi connectivity index (χ0n) is 12.9. The number of aliphatic carboxylic acids is 1. The normalized spacial score (nSPS) is 13.0. The summed E-state index contributed by atoms with van der Waals surface area (Å²) in [4.78, 5) is 11.3. The third-order valence-electron chi connectivity index (χ3n) is 3.61. The van der Waals surface area contributed by atoms with Gasteiger partial charge < -0.3 is 5.11 Å². The molecule has 0 unspecified atom stereocenters. The van der Waals surface area contributed by atoms with Crippen LogP contribution in [0.25, 0.3) is 11.1 Å². The number of hydrogen-bond donors (Lipinski definition) is 1. The van der Waals surface area contributed by atoms with Gasteiger partial charge in [0.25, 0.3) is 0 Å².